The number of furan rings is 1. The van der Waals surface area contributed by atoms with Gasteiger partial charge < -0.3 is 4.42 Å². The molecule has 3 aromatic heterocycles. The average molecular weight is 353 g/mol. The van der Waals surface area contributed by atoms with E-state index in [0.29, 0.717) is 5.71 Å². The molecule has 3 heteroatoms. The Bertz CT molecular complexity index is 1360. The highest BCUT2D eigenvalue weighted by Crippen LogP contribution is 2.37. The van der Waals surface area contributed by atoms with E-state index in [1.807, 2.05) is 18.2 Å². The lowest BCUT2D eigenvalue weighted by Crippen LogP contribution is -2.31. The van der Waals surface area contributed by atoms with Gasteiger partial charge in [-0.3, -0.25) is 0 Å². The van der Waals surface area contributed by atoms with Gasteiger partial charge in [-0.1, -0.05) is 30.3 Å². The molecule has 0 saturated carbocycles. The zero-order valence-electron chi connectivity index (χ0n) is 16.0. The van der Waals surface area contributed by atoms with Gasteiger partial charge in [-0.2, -0.15) is 0 Å². The van der Waals surface area contributed by atoms with Crippen LogP contribution in [-0.4, -0.2) is 4.98 Å². The zero-order valence-corrected chi connectivity index (χ0v) is 16.0. The minimum atomic E-state index is 0.696. The van der Waals surface area contributed by atoms with Crippen molar-refractivity contribution in [2.24, 2.45) is 7.05 Å². The van der Waals surface area contributed by atoms with Crippen LogP contribution in [0.4, 0.5) is 0 Å². The Morgan fingerprint density at radius 1 is 0.852 bits per heavy atom. The third kappa shape index (κ3) is 2.35. The number of benzene rings is 2. The Hall–Kier alpha value is -3.20. The number of para-hydroxylation sites is 1. The molecule has 3 nitrogen and oxygen atoms in total. The van der Waals surface area contributed by atoms with Crippen LogP contribution < -0.4 is 4.57 Å². The van der Waals surface area contributed by atoms with Gasteiger partial charge in [-0.25, -0.2) is 9.55 Å². The van der Waals surface area contributed by atoms with Gasteiger partial charge in [-0.15, -0.1) is 0 Å². The number of pyridine rings is 2. The van der Waals surface area contributed by atoms with Gasteiger partial charge in [0.2, 0.25) is 11.4 Å². The van der Waals surface area contributed by atoms with Gasteiger partial charge in [0.15, 0.2) is 11.8 Å². The van der Waals surface area contributed by atoms with E-state index in [2.05, 4.69) is 68.9 Å². The molecule has 0 N–H and O–H groups in total. The van der Waals surface area contributed by atoms with Crippen molar-refractivity contribution in [3.8, 4) is 11.3 Å². The second-order valence-electron chi connectivity index (χ2n) is 7.41. The van der Waals surface area contributed by atoms with Crippen molar-refractivity contribution in [1.82, 2.24) is 4.98 Å². The molecule has 5 aromatic rings. The molecule has 0 aliphatic rings. The van der Waals surface area contributed by atoms with Gasteiger partial charge in [0.05, 0.1) is 11.1 Å². The zero-order chi connectivity index (χ0) is 18.7. The van der Waals surface area contributed by atoms with Crippen LogP contribution in [-0.2, 0) is 7.05 Å². The lowest BCUT2D eigenvalue weighted by Gasteiger charge is -2.07. The second-order valence-corrected chi connectivity index (χ2v) is 7.41. The summed E-state index contributed by atoms with van der Waals surface area (Å²) in [6.45, 7) is 6.44. The quantitative estimate of drug-likeness (QED) is 0.370. The molecule has 0 aliphatic carbocycles. The van der Waals surface area contributed by atoms with Gasteiger partial charge >= 0.3 is 0 Å². The topological polar surface area (TPSA) is 29.9 Å². The van der Waals surface area contributed by atoms with Crippen LogP contribution in [0.3, 0.4) is 0 Å². The van der Waals surface area contributed by atoms with E-state index in [1.54, 1.807) is 0 Å². The summed E-state index contributed by atoms with van der Waals surface area (Å²) < 4.78 is 8.51. The Morgan fingerprint density at radius 2 is 1.67 bits per heavy atom. The van der Waals surface area contributed by atoms with E-state index in [4.69, 9.17) is 9.40 Å². The van der Waals surface area contributed by atoms with Crippen molar-refractivity contribution >= 4 is 33.0 Å². The molecule has 0 radical (unpaired) electrons. The van der Waals surface area contributed by atoms with E-state index in [1.165, 1.54) is 16.7 Å². The number of aromatic nitrogens is 2. The Morgan fingerprint density at radius 3 is 2.52 bits per heavy atom. The largest absolute Gasteiger partial charge is 0.437 e. The number of rotatable bonds is 1. The van der Waals surface area contributed by atoms with Crippen molar-refractivity contribution < 1.29 is 8.98 Å². The number of fused-ring (bicyclic) bond motifs is 4. The summed E-state index contributed by atoms with van der Waals surface area (Å²) in [6, 6.07) is 16.9. The minimum Gasteiger partial charge on any atom is -0.437 e. The van der Waals surface area contributed by atoms with E-state index in [-0.39, 0.29) is 0 Å². The molecule has 0 saturated heterocycles. The van der Waals surface area contributed by atoms with E-state index in [0.717, 1.165) is 38.5 Å². The molecule has 3 heterocycles. The standard InChI is InChI=1S/C24H21N2O/c1-14-9-10-18-19-12-17-7-5-6-8-20(17)25-24(19)27-23(18)22(14)21-11-15(2)16(3)13-26(21)4/h5-13H,1-4H3/q+1. The number of nitrogens with zero attached hydrogens (tertiary/aromatic N) is 2. The average Bonchev–Trinajstić information content (AvgIpc) is 3.00. The summed E-state index contributed by atoms with van der Waals surface area (Å²) in [5.41, 5.74) is 8.62. The Balaban J connectivity index is 1.91. The van der Waals surface area contributed by atoms with E-state index in [9.17, 15) is 0 Å². The molecule has 27 heavy (non-hydrogen) atoms. The van der Waals surface area contributed by atoms with Gasteiger partial charge in [0, 0.05) is 27.8 Å². The normalized spacial score (nSPS) is 11.7. The number of hydrogen-bond donors (Lipinski definition) is 0. The van der Waals surface area contributed by atoms with Crippen LogP contribution >= 0.6 is 0 Å². The summed E-state index contributed by atoms with van der Waals surface area (Å²) >= 11 is 0. The first-order valence-electron chi connectivity index (χ1n) is 9.22. The van der Waals surface area contributed by atoms with Crippen LogP contribution in [0.15, 0.2) is 59.1 Å². The molecule has 0 bridgehead atoms. The third-order valence-electron chi connectivity index (χ3n) is 5.54. The summed E-state index contributed by atoms with van der Waals surface area (Å²) in [5, 5.41) is 3.31. The first-order chi connectivity index (χ1) is 13.0. The van der Waals surface area contributed by atoms with Crippen molar-refractivity contribution in [1.29, 1.82) is 0 Å². The molecule has 132 valence electrons. The highest BCUT2D eigenvalue weighted by molar-refractivity contribution is 6.11. The molecule has 0 atom stereocenters. The van der Waals surface area contributed by atoms with Crippen molar-refractivity contribution in [2.75, 3.05) is 0 Å². The smallest absolute Gasteiger partial charge is 0.227 e. The molecule has 0 spiro atoms. The maximum Gasteiger partial charge on any atom is 0.227 e. The fourth-order valence-electron chi connectivity index (χ4n) is 3.91. The van der Waals surface area contributed by atoms with Crippen LogP contribution in [0.1, 0.15) is 16.7 Å². The lowest BCUT2D eigenvalue weighted by atomic mass is 9.99. The van der Waals surface area contributed by atoms with Gasteiger partial charge in [-0.05, 0) is 44.0 Å². The predicted octanol–water partition coefficient (Wildman–Crippen LogP) is 5.55. The summed E-state index contributed by atoms with van der Waals surface area (Å²) in [5.74, 6) is 0. The molecule has 0 amide bonds. The maximum atomic E-state index is 6.33. The Labute approximate surface area is 157 Å². The third-order valence-corrected chi connectivity index (χ3v) is 5.54. The van der Waals surface area contributed by atoms with Crippen molar-refractivity contribution in [3.63, 3.8) is 0 Å². The van der Waals surface area contributed by atoms with E-state index >= 15 is 0 Å². The van der Waals surface area contributed by atoms with Crippen LogP contribution in [0, 0.1) is 20.8 Å². The first-order valence-corrected chi connectivity index (χ1v) is 9.22. The molecule has 0 aliphatic heterocycles. The highest BCUT2D eigenvalue weighted by atomic mass is 16.3. The van der Waals surface area contributed by atoms with Crippen molar-refractivity contribution in [3.05, 3.63) is 71.4 Å². The summed E-state index contributed by atoms with van der Waals surface area (Å²) in [6.07, 6.45) is 2.18. The van der Waals surface area contributed by atoms with Gasteiger partial charge in [0.1, 0.15) is 7.05 Å². The molecule has 0 unspecified atom stereocenters. The molecular weight excluding hydrogens is 332 g/mol. The SMILES string of the molecule is Cc1cc(-c2c(C)ccc3c2oc2nc4ccccc4cc23)[n+](C)cc1C. The molecule has 2 aromatic carbocycles. The fourth-order valence-corrected chi connectivity index (χ4v) is 3.91. The highest BCUT2D eigenvalue weighted by Gasteiger charge is 2.22. The summed E-state index contributed by atoms with van der Waals surface area (Å²) in [7, 11) is 2.09. The lowest BCUT2D eigenvalue weighted by molar-refractivity contribution is -0.660. The second kappa shape index (κ2) is 5.65. The fraction of sp³-hybridized carbons (Fsp3) is 0.167. The predicted molar refractivity (Wildman–Crippen MR) is 110 cm³/mol. The number of aryl methyl sites for hydroxylation is 4. The van der Waals surface area contributed by atoms with Crippen molar-refractivity contribution in [2.45, 2.75) is 20.8 Å². The number of hydrogen-bond acceptors (Lipinski definition) is 2. The van der Waals surface area contributed by atoms with Crippen LogP contribution in [0.2, 0.25) is 0 Å². The minimum absolute atomic E-state index is 0.696. The molecule has 0 fully saturated rings. The van der Waals surface area contributed by atoms with Crippen LogP contribution in [0.5, 0.6) is 0 Å². The van der Waals surface area contributed by atoms with Gasteiger partial charge in [0.25, 0.3) is 0 Å². The molecular formula is C24H21N2O+. The monoisotopic (exact) mass is 353 g/mol. The maximum absolute atomic E-state index is 6.33. The van der Waals surface area contributed by atoms with E-state index < -0.39 is 0 Å². The first kappa shape index (κ1) is 16.0. The summed E-state index contributed by atoms with van der Waals surface area (Å²) in [4.78, 5) is 4.76. The van der Waals surface area contributed by atoms with Crippen LogP contribution in [0.25, 0.3) is 44.2 Å². The Kier molecular flexibility index (Phi) is 3.35. The molecule has 5 rings (SSSR count).